The summed E-state index contributed by atoms with van der Waals surface area (Å²) in [6.45, 7) is 2.74. The highest BCUT2D eigenvalue weighted by Crippen LogP contribution is 2.19. The van der Waals surface area contributed by atoms with E-state index in [-0.39, 0.29) is 5.97 Å². The van der Waals surface area contributed by atoms with Crippen molar-refractivity contribution in [1.82, 2.24) is 5.32 Å². The van der Waals surface area contributed by atoms with Gasteiger partial charge in [0, 0.05) is 11.4 Å². The van der Waals surface area contributed by atoms with Crippen LogP contribution < -0.4 is 5.32 Å². The van der Waals surface area contributed by atoms with Crippen molar-refractivity contribution < 1.29 is 9.53 Å². The van der Waals surface area contributed by atoms with E-state index in [0.717, 1.165) is 5.56 Å². The van der Waals surface area contributed by atoms with Gasteiger partial charge in [0.15, 0.2) is 0 Å². The Kier molecular flexibility index (Phi) is 4.71. The minimum atomic E-state index is -0.423. The summed E-state index contributed by atoms with van der Waals surface area (Å²) < 4.78 is 4.87. The van der Waals surface area contributed by atoms with Crippen LogP contribution in [-0.4, -0.2) is 13.1 Å². The number of methoxy groups -OCH3 is 1. The fourth-order valence-electron chi connectivity index (χ4n) is 1.88. The molecule has 1 aromatic carbocycles. The van der Waals surface area contributed by atoms with Crippen LogP contribution in [0.3, 0.4) is 0 Å². The second kappa shape index (κ2) is 6.50. The number of carbonyl (C=O) groups is 1. The van der Waals surface area contributed by atoms with E-state index in [2.05, 4.69) is 23.7 Å². The molecule has 0 fully saturated rings. The van der Waals surface area contributed by atoms with Crippen LogP contribution in [0.5, 0.6) is 0 Å². The normalized spacial score (nSPS) is 12.1. The van der Waals surface area contributed by atoms with E-state index in [1.54, 1.807) is 11.3 Å². The summed E-state index contributed by atoms with van der Waals surface area (Å²) >= 11 is 1.69. The predicted octanol–water partition coefficient (Wildman–Crippen LogP) is 3.06. The Morgan fingerprint density at radius 2 is 2.05 bits per heavy atom. The van der Waals surface area contributed by atoms with E-state index < -0.39 is 6.04 Å². The number of rotatable bonds is 5. The lowest BCUT2D eigenvalue weighted by Gasteiger charge is -2.16. The molecule has 0 saturated heterocycles. The monoisotopic (exact) mass is 275 g/mol. The van der Waals surface area contributed by atoms with Gasteiger partial charge in [-0.1, -0.05) is 30.3 Å². The number of thiophene rings is 1. The molecule has 0 aliphatic rings. The average molecular weight is 275 g/mol. The van der Waals surface area contributed by atoms with Crippen LogP contribution >= 0.6 is 11.3 Å². The van der Waals surface area contributed by atoms with E-state index in [1.165, 1.54) is 17.6 Å². The van der Waals surface area contributed by atoms with E-state index in [1.807, 2.05) is 30.3 Å². The minimum Gasteiger partial charge on any atom is -0.468 e. The fraction of sp³-hybridized carbons (Fsp3) is 0.267. The second-order valence-electron chi connectivity index (χ2n) is 4.27. The Labute approximate surface area is 117 Å². The zero-order valence-corrected chi connectivity index (χ0v) is 11.9. The lowest BCUT2D eigenvalue weighted by molar-refractivity contribution is -0.143. The number of ether oxygens (including phenoxy) is 1. The summed E-state index contributed by atoms with van der Waals surface area (Å²) in [5.74, 6) is -0.264. The minimum absolute atomic E-state index is 0.264. The predicted molar refractivity (Wildman–Crippen MR) is 77.1 cm³/mol. The smallest absolute Gasteiger partial charge is 0.327 e. The van der Waals surface area contributed by atoms with Gasteiger partial charge in [-0.2, -0.15) is 0 Å². The molecule has 2 aromatic rings. The molecule has 1 aromatic heterocycles. The molecule has 0 spiro atoms. The third-order valence-corrected chi connectivity index (χ3v) is 4.03. The number of carbonyl (C=O) groups excluding carboxylic acids is 1. The van der Waals surface area contributed by atoms with Crippen LogP contribution in [0.25, 0.3) is 0 Å². The van der Waals surface area contributed by atoms with Crippen molar-refractivity contribution in [3.63, 3.8) is 0 Å². The molecule has 1 N–H and O–H groups in total. The van der Waals surface area contributed by atoms with Gasteiger partial charge in [0.2, 0.25) is 0 Å². The first kappa shape index (κ1) is 13.8. The molecule has 0 radical (unpaired) electrons. The maximum absolute atomic E-state index is 11.9. The molecule has 0 saturated carbocycles. The zero-order valence-electron chi connectivity index (χ0n) is 11.1. The standard InChI is InChI=1S/C15H17NO2S/c1-11-8-9-19-13(11)10-16-14(15(17)18-2)12-6-4-3-5-7-12/h3-9,14,16H,10H2,1-2H3. The Morgan fingerprint density at radius 1 is 1.32 bits per heavy atom. The molecule has 1 heterocycles. The van der Waals surface area contributed by atoms with E-state index in [9.17, 15) is 4.79 Å². The van der Waals surface area contributed by atoms with E-state index in [0.29, 0.717) is 6.54 Å². The molecule has 19 heavy (non-hydrogen) atoms. The zero-order chi connectivity index (χ0) is 13.7. The maximum Gasteiger partial charge on any atom is 0.327 e. The van der Waals surface area contributed by atoms with E-state index >= 15 is 0 Å². The molecule has 1 unspecified atom stereocenters. The molecule has 2 rings (SSSR count). The molecule has 0 bridgehead atoms. The lowest BCUT2D eigenvalue weighted by atomic mass is 10.1. The largest absolute Gasteiger partial charge is 0.468 e. The van der Waals surface area contributed by atoms with Gasteiger partial charge in [-0.3, -0.25) is 5.32 Å². The molecule has 100 valence electrons. The highest BCUT2D eigenvalue weighted by Gasteiger charge is 2.20. The van der Waals surface area contributed by atoms with Crippen molar-refractivity contribution in [1.29, 1.82) is 0 Å². The van der Waals surface area contributed by atoms with Gasteiger partial charge >= 0.3 is 5.97 Å². The lowest BCUT2D eigenvalue weighted by Crippen LogP contribution is -2.29. The van der Waals surface area contributed by atoms with Crippen LogP contribution in [0, 0.1) is 6.92 Å². The van der Waals surface area contributed by atoms with Gasteiger partial charge in [-0.05, 0) is 29.5 Å². The Morgan fingerprint density at radius 3 is 2.63 bits per heavy atom. The van der Waals surface area contributed by atoms with Crippen LogP contribution in [0.15, 0.2) is 41.8 Å². The first-order valence-corrected chi connectivity index (χ1v) is 6.99. The van der Waals surface area contributed by atoms with Crippen molar-refractivity contribution in [2.24, 2.45) is 0 Å². The maximum atomic E-state index is 11.9. The average Bonchev–Trinajstić information content (AvgIpc) is 2.85. The molecule has 0 amide bonds. The van der Waals surface area contributed by atoms with Crippen molar-refractivity contribution in [3.8, 4) is 0 Å². The SMILES string of the molecule is COC(=O)C(NCc1sccc1C)c1ccccc1. The first-order valence-electron chi connectivity index (χ1n) is 6.11. The van der Waals surface area contributed by atoms with Crippen molar-refractivity contribution >= 4 is 17.3 Å². The number of nitrogens with one attached hydrogen (secondary N) is 1. The number of esters is 1. The Bertz CT molecular complexity index is 536. The summed E-state index contributed by atoms with van der Waals surface area (Å²) in [5, 5.41) is 5.32. The van der Waals surface area contributed by atoms with Gasteiger partial charge in [-0.25, -0.2) is 4.79 Å². The summed E-state index contributed by atoms with van der Waals surface area (Å²) in [6, 6.07) is 11.3. The van der Waals surface area contributed by atoms with Crippen LogP contribution in [0.4, 0.5) is 0 Å². The molecule has 0 aliphatic heterocycles. The number of aryl methyl sites for hydroxylation is 1. The summed E-state index contributed by atoms with van der Waals surface area (Å²) in [7, 11) is 1.41. The highest BCUT2D eigenvalue weighted by molar-refractivity contribution is 7.10. The van der Waals surface area contributed by atoms with Crippen molar-refractivity contribution in [2.45, 2.75) is 19.5 Å². The number of benzene rings is 1. The van der Waals surface area contributed by atoms with Gasteiger partial charge in [0.1, 0.15) is 6.04 Å². The molecule has 1 atom stereocenters. The summed E-state index contributed by atoms with van der Waals surface area (Å²) in [6.07, 6.45) is 0. The van der Waals surface area contributed by atoms with Crippen LogP contribution in [0.1, 0.15) is 22.0 Å². The summed E-state index contributed by atoms with van der Waals surface area (Å²) in [5.41, 5.74) is 2.16. The first-order chi connectivity index (χ1) is 9.22. The molecule has 3 nitrogen and oxygen atoms in total. The van der Waals surface area contributed by atoms with E-state index in [4.69, 9.17) is 4.74 Å². The van der Waals surface area contributed by atoms with Gasteiger partial charge < -0.3 is 4.74 Å². The van der Waals surface area contributed by atoms with Gasteiger partial charge in [0.25, 0.3) is 0 Å². The highest BCUT2D eigenvalue weighted by atomic mass is 32.1. The topological polar surface area (TPSA) is 38.3 Å². The number of hydrogen-bond acceptors (Lipinski definition) is 4. The number of hydrogen-bond donors (Lipinski definition) is 1. The van der Waals surface area contributed by atoms with Crippen LogP contribution in [0.2, 0.25) is 0 Å². The van der Waals surface area contributed by atoms with Crippen molar-refractivity contribution in [2.75, 3.05) is 7.11 Å². The molecule has 4 heteroatoms. The fourth-order valence-corrected chi connectivity index (χ4v) is 2.74. The van der Waals surface area contributed by atoms with Gasteiger partial charge in [0.05, 0.1) is 7.11 Å². The third-order valence-electron chi connectivity index (χ3n) is 3.00. The third kappa shape index (κ3) is 3.43. The Balaban J connectivity index is 2.11. The summed E-state index contributed by atoms with van der Waals surface area (Å²) in [4.78, 5) is 13.1. The second-order valence-corrected chi connectivity index (χ2v) is 5.28. The quantitative estimate of drug-likeness (QED) is 0.852. The van der Waals surface area contributed by atoms with Gasteiger partial charge in [-0.15, -0.1) is 11.3 Å². The molecule has 0 aliphatic carbocycles. The molecular weight excluding hydrogens is 258 g/mol. The van der Waals surface area contributed by atoms with Crippen molar-refractivity contribution in [3.05, 3.63) is 57.8 Å². The van der Waals surface area contributed by atoms with Crippen LogP contribution in [-0.2, 0) is 16.1 Å². The molecular formula is C15H17NO2S. The Hall–Kier alpha value is -1.65.